The minimum absolute atomic E-state index is 0.0366. The van der Waals surface area contributed by atoms with Gasteiger partial charge in [-0.05, 0) is 74.1 Å². The van der Waals surface area contributed by atoms with Crippen LogP contribution in [0.25, 0.3) is 16.7 Å². The van der Waals surface area contributed by atoms with E-state index in [2.05, 4.69) is 10.3 Å². The van der Waals surface area contributed by atoms with Crippen molar-refractivity contribution in [2.45, 2.75) is 25.7 Å². The minimum Gasteiger partial charge on any atom is -0.356 e. The molecule has 2 amide bonds. The zero-order valence-electron chi connectivity index (χ0n) is 17.3. The third-order valence-corrected chi connectivity index (χ3v) is 6.49. The molecule has 2 aliphatic rings. The predicted molar refractivity (Wildman–Crippen MR) is 120 cm³/mol. The van der Waals surface area contributed by atoms with E-state index in [4.69, 9.17) is 11.6 Å². The molecule has 1 aliphatic heterocycles. The van der Waals surface area contributed by atoms with Crippen molar-refractivity contribution in [3.63, 3.8) is 0 Å². The van der Waals surface area contributed by atoms with Crippen molar-refractivity contribution in [1.29, 1.82) is 0 Å². The number of aromatic nitrogens is 2. The lowest BCUT2D eigenvalue weighted by molar-refractivity contribution is -0.126. The van der Waals surface area contributed by atoms with Crippen molar-refractivity contribution >= 4 is 34.4 Å². The number of likely N-dealkylation sites (tertiary alicyclic amines) is 1. The van der Waals surface area contributed by atoms with Crippen LogP contribution < -0.4 is 5.32 Å². The van der Waals surface area contributed by atoms with Gasteiger partial charge in [-0.3, -0.25) is 14.2 Å². The first-order chi connectivity index (χ1) is 15.1. The summed E-state index contributed by atoms with van der Waals surface area (Å²) < 4.78 is 1.95. The fourth-order valence-corrected chi connectivity index (χ4v) is 4.34. The molecule has 1 saturated heterocycles. The Kier molecular flexibility index (Phi) is 5.40. The molecule has 160 valence electrons. The normalized spacial score (nSPS) is 18.9. The highest BCUT2D eigenvalue weighted by Crippen LogP contribution is 2.28. The Bertz CT molecular complexity index is 1120. The molecule has 1 unspecified atom stereocenters. The molecule has 2 fully saturated rings. The van der Waals surface area contributed by atoms with Crippen LogP contribution in [0.4, 0.5) is 0 Å². The Morgan fingerprint density at radius 2 is 1.90 bits per heavy atom. The molecule has 3 aromatic rings. The number of nitrogens with one attached hydrogen (secondary N) is 1. The van der Waals surface area contributed by atoms with E-state index >= 15 is 0 Å². The summed E-state index contributed by atoms with van der Waals surface area (Å²) in [7, 11) is 0. The molecule has 1 aliphatic carbocycles. The monoisotopic (exact) mass is 436 g/mol. The third-order valence-electron chi connectivity index (χ3n) is 6.24. The first kappa shape index (κ1) is 20.1. The van der Waals surface area contributed by atoms with E-state index in [0.29, 0.717) is 29.6 Å². The maximum atomic E-state index is 13.2. The van der Waals surface area contributed by atoms with Crippen LogP contribution in [0.2, 0.25) is 5.02 Å². The molecule has 0 radical (unpaired) electrons. The Morgan fingerprint density at radius 1 is 1.10 bits per heavy atom. The number of carbonyl (C=O) groups excluding carboxylic acids is 2. The summed E-state index contributed by atoms with van der Waals surface area (Å²) in [5.41, 5.74) is 3.23. The van der Waals surface area contributed by atoms with Gasteiger partial charge in [0.05, 0.1) is 17.0 Å². The Morgan fingerprint density at radius 3 is 2.68 bits per heavy atom. The molecule has 0 bridgehead atoms. The first-order valence-electron chi connectivity index (χ1n) is 10.9. The number of amides is 2. The van der Waals surface area contributed by atoms with Gasteiger partial charge in [0, 0.05) is 35.9 Å². The maximum absolute atomic E-state index is 13.2. The molecule has 7 heteroatoms. The minimum atomic E-state index is -0.125. The number of benzene rings is 2. The summed E-state index contributed by atoms with van der Waals surface area (Å²) in [6.07, 6.45) is 5.86. The van der Waals surface area contributed by atoms with Gasteiger partial charge in [0.1, 0.15) is 6.33 Å². The van der Waals surface area contributed by atoms with Gasteiger partial charge in [-0.25, -0.2) is 4.98 Å². The number of halogens is 1. The van der Waals surface area contributed by atoms with Crippen molar-refractivity contribution in [3.05, 3.63) is 59.4 Å². The average Bonchev–Trinajstić information content (AvgIpc) is 3.54. The van der Waals surface area contributed by atoms with Gasteiger partial charge in [-0.1, -0.05) is 11.6 Å². The zero-order valence-corrected chi connectivity index (χ0v) is 18.0. The summed E-state index contributed by atoms with van der Waals surface area (Å²) in [6, 6.07) is 13.1. The highest BCUT2D eigenvalue weighted by Gasteiger charge is 2.30. The second kappa shape index (κ2) is 8.35. The van der Waals surface area contributed by atoms with Crippen LogP contribution in [0.15, 0.2) is 48.8 Å². The summed E-state index contributed by atoms with van der Waals surface area (Å²) in [4.78, 5) is 32.1. The summed E-state index contributed by atoms with van der Waals surface area (Å²) >= 11 is 6.01. The summed E-state index contributed by atoms with van der Waals surface area (Å²) in [5, 5.41) is 3.74. The second-order valence-electron chi connectivity index (χ2n) is 8.57. The number of nitrogens with zero attached hydrogens (tertiary/aromatic N) is 3. The van der Waals surface area contributed by atoms with Gasteiger partial charge in [0.2, 0.25) is 5.91 Å². The second-order valence-corrected chi connectivity index (χ2v) is 9.01. The van der Waals surface area contributed by atoms with Crippen LogP contribution in [-0.2, 0) is 4.79 Å². The first-order valence-corrected chi connectivity index (χ1v) is 11.3. The number of piperidine rings is 1. The van der Waals surface area contributed by atoms with Crippen LogP contribution in [0, 0.1) is 11.8 Å². The number of carbonyl (C=O) groups is 2. The lowest BCUT2D eigenvalue weighted by Crippen LogP contribution is -2.45. The molecule has 0 spiro atoms. The molecule has 2 aromatic carbocycles. The van der Waals surface area contributed by atoms with Crippen LogP contribution in [0.1, 0.15) is 36.0 Å². The van der Waals surface area contributed by atoms with Crippen LogP contribution in [-0.4, -0.2) is 45.9 Å². The van der Waals surface area contributed by atoms with Crippen LogP contribution >= 0.6 is 11.6 Å². The van der Waals surface area contributed by atoms with Crippen molar-refractivity contribution in [2.24, 2.45) is 11.8 Å². The van der Waals surface area contributed by atoms with E-state index in [1.807, 2.05) is 51.9 Å². The quantitative estimate of drug-likeness (QED) is 0.655. The summed E-state index contributed by atoms with van der Waals surface area (Å²) in [5.74, 6) is 0.577. The standard InChI is InChI=1S/C24H25ClN4O2/c25-19-6-8-20(9-7-19)29-15-27-21-10-5-17(12-22(21)29)24(31)28-11-1-2-18(14-28)23(30)26-13-16-3-4-16/h5-10,12,15-16,18H,1-4,11,13-14H2,(H,26,30). The number of imidazole rings is 1. The van der Waals surface area contributed by atoms with Crippen molar-refractivity contribution < 1.29 is 9.59 Å². The molecule has 1 aromatic heterocycles. The lowest BCUT2D eigenvalue weighted by Gasteiger charge is -2.32. The maximum Gasteiger partial charge on any atom is 0.253 e. The summed E-state index contributed by atoms with van der Waals surface area (Å²) in [6.45, 7) is 1.93. The van der Waals surface area contributed by atoms with Gasteiger partial charge >= 0.3 is 0 Å². The van der Waals surface area contributed by atoms with Gasteiger partial charge in [0.25, 0.3) is 5.91 Å². The molecule has 1 atom stereocenters. The predicted octanol–water partition coefficient (Wildman–Crippen LogP) is 4.06. The van der Waals surface area contributed by atoms with Crippen molar-refractivity contribution in [2.75, 3.05) is 19.6 Å². The number of fused-ring (bicyclic) bond motifs is 1. The van der Waals surface area contributed by atoms with E-state index < -0.39 is 0 Å². The average molecular weight is 437 g/mol. The van der Waals surface area contributed by atoms with E-state index in [9.17, 15) is 9.59 Å². The molecule has 31 heavy (non-hydrogen) atoms. The SMILES string of the molecule is O=C(NCC1CC1)C1CCCN(C(=O)c2ccc3ncn(-c4ccc(Cl)cc4)c3c2)C1. The van der Waals surface area contributed by atoms with Gasteiger partial charge in [0.15, 0.2) is 0 Å². The smallest absolute Gasteiger partial charge is 0.253 e. The van der Waals surface area contributed by atoms with Gasteiger partial charge in [-0.2, -0.15) is 0 Å². The Hall–Kier alpha value is -2.86. The van der Waals surface area contributed by atoms with Crippen LogP contribution in [0.5, 0.6) is 0 Å². The number of rotatable bonds is 5. The molecule has 5 rings (SSSR count). The van der Waals surface area contributed by atoms with Gasteiger partial charge < -0.3 is 10.2 Å². The topological polar surface area (TPSA) is 67.2 Å². The number of hydrogen-bond acceptors (Lipinski definition) is 3. The van der Waals surface area contributed by atoms with E-state index in [1.165, 1.54) is 12.8 Å². The van der Waals surface area contributed by atoms with Crippen LogP contribution in [0.3, 0.4) is 0 Å². The van der Waals surface area contributed by atoms with E-state index in [1.54, 1.807) is 6.33 Å². The molecular weight excluding hydrogens is 412 g/mol. The molecule has 2 heterocycles. The number of hydrogen-bond donors (Lipinski definition) is 1. The highest BCUT2D eigenvalue weighted by atomic mass is 35.5. The molecule has 1 saturated carbocycles. The Balaban J connectivity index is 1.34. The highest BCUT2D eigenvalue weighted by molar-refractivity contribution is 6.30. The third kappa shape index (κ3) is 4.30. The lowest BCUT2D eigenvalue weighted by atomic mass is 9.96. The molecule has 6 nitrogen and oxygen atoms in total. The largest absolute Gasteiger partial charge is 0.356 e. The van der Waals surface area contributed by atoms with Crippen molar-refractivity contribution in [1.82, 2.24) is 19.8 Å². The fraction of sp³-hybridized carbons (Fsp3) is 0.375. The zero-order chi connectivity index (χ0) is 21.4. The molecular formula is C24H25ClN4O2. The van der Waals surface area contributed by atoms with Gasteiger partial charge in [-0.15, -0.1) is 0 Å². The molecule has 1 N–H and O–H groups in total. The van der Waals surface area contributed by atoms with E-state index in [0.717, 1.165) is 36.1 Å². The fourth-order valence-electron chi connectivity index (χ4n) is 4.22. The van der Waals surface area contributed by atoms with E-state index in [-0.39, 0.29) is 17.7 Å². The Labute approximate surface area is 186 Å². The van der Waals surface area contributed by atoms with Crippen molar-refractivity contribution in [3.8, 4) is 5.69 Å².